The third kappa shape index (κ3) is 2.40. The third-order valence-electron chi connectivity index (χ3n) is 2.20. The maximum atomic E-state index is 5.79. The van der Waals surface area contributed by atoms with Crippen molar-refractivity contribution < 1.29 is 9.47 Å². The van der Waals surface area contributed by atoms with E-state index in [1.165, 1.54) is 0 Å². The van der Waals surface area contributed by atoms with E-state index in [1.807, 2.05) is 27.7 Å². The van der Waals surface area contributed by atoms with Crippen molar-refractivity contribution >= 4 is 0 Å². The summed E-state index contributed by atoms with van der Waals surface area (Å²) in [6.45, 7) is 7.57. The van der Waals surface area contributed by atoms with Crippen molar-refractivity contribution in [2.45, 2.75) is 57.8 Å². The molecule has 4 nitrogen and oxygen atoms in total. The summed E-state index contributed by atoms with van der Waals surface area (Å²) in [5.74, 6) is -0.559. The minimum atomic E-state index is -0.559. The van der Waals surface area contributed by atoms with E-state index in [1.54, 1.807) is 0 Å². The minimum Gasteiger partial charge on any atom is -0.343 e. The Kier molecular flexibility index (Phi) is 2.97. The second kappa shape index (κ2) is 3.53. The van der Waals surface area contributed by atoms with Crippen LogP contribution in [0, 0.1) is 0 Å². The fraction of sp³-hybridized carbons (Fsp3) is 1.00. The van der Waals surface area contributed by atoms with Crippen LogP contribution in [0.15, 0.2) is 0 Å². The third-order valence-corrected chi connectivity index (χ3v) is 2.20. The summed E-state index contributed by atoms with van der Waals surface area (Å²) in [5.41, 5.74) is 11.6. The molecule has 0 amide bonds. The molecule has 0 unspecified atom stereocenters. The van der Waals surface area contributed by atoms with Gasteiger partial charge in [0.2, 0.25) is 0 Å². The molecule has 0 aromatic carbocycles. The van der Waals surface area contributed by atoms with Gasteiger partial charge in [0.1, 0.15) is 12.2 Å². The Labute approximate surface area is 79.6 Å². The second-order valence-electron chi connectivity index (χ2n) is 4.28. The van der Waals surface area contributed by atoms with Gasteiger partial charge < -0.3 is 20.9 Å². The summed E-state index contributed by atoms with van der Waals surface area (Å²) < 4.78 is 11.3. The first-order chi connectivity index (χ1) is 5.83. The molecule has 0 saturated carbocycles. The van der Waals surface area contributed by atoms with Crippen molar-refractivity contribution in [3.63, 3.8) is 0 Å². The molecule has 1 aliphatic heterocycles. The van der Waals surface area contributed by atoms with E-state index in [2.05, 4.69) is 0 Å². The molecule has 4 heteroatoms. The molecule has 1 fully saturated rings. The molecule has 1 heterocycles. The Morgan fingerprint density at radius 2 is 1.31 bits per heavy atom. The van der Waals surface area contributed by atoms with E-state index in [0.29, 0.717) is 0 Å². The smallest absolute Gasteiger partial charge is 0.163 e. The van der Waals surface area contributed by atoms with Crippen LogP contribution in [0.1, 0.15) is 27.7 Å². The minimum absolute atomic E-state index is 0.0576. The van der Waals surface area contributed by atoms with Crippen LogP contribution in [0.4, 0.5) is 0 Å². The number of nitrogens with two attached hydrogens (primary N) is 2. The lowest BCUT2D eigenvalue weighted by Crippen LogP contribution is -2.46. The molecule has 78 valence electrons. The van der Waals surface area contributed by atoms with Crippen LogP contribution in [0.25, 0.3) is 0 Å². The summed E-state index contributed by atoms with van der Waals surface area (Å²) >= 11 is 0. The van der Waals surface area contributed by atoms with Crippen molar-refractivity contribution in [2.75, 3.05) is 0 Å². The van der Waals surface area contributed by atoms with Crippen molar-refractivity contribution in [2.24, 2.45) is 11.5 Å². The lowest BCUT2D eigenvalue weighted by molar-refractivity contribution is -0.148. The van der Waals surface area contributed by atoms with Gasteiger partial charge in [-0.15, -0.1) is 0 Å². The van der Waals surface area contributed by atoms with Gasteiger partial charge in [0.15, 0.2) is 5.79 Å². The number of rotatable bonds is 2. The monoisotopic (exact) mass is 188 g/mol. The van der Waals surface area contributed by atoms with Gasteiger partial charge in [0.25, 0.3) is 0 Å². The van der Waals surface area contributed by atoms with Gasteiger partial charge in [-0.3, -0.25) is 0 Å². The molecule has 1 rings (SSSR count). The van der Waals surface area contributed by atoms with Crippen LogP contribution in [-0.4, -0.2) is 30.1 Å². The van der Waals surface area contributed by atoms with E-state index in [0.717, 1.165) is 0 Å². The average molecular weight is 188 g/mol. The van der Waals surface area contributed by atoms with E-state index in [9.17, 15) is 0 Å². The molecule has 4 N–H and O–H groups in total. The quantitative estimate of drug-likeness (QED) is 0.649. The topological polar surface area (TPSA) is 70.5 Å². The largest absolute Gasteiger partial charge is 0.343 e. The molecule has 0 spiro atoms. The first-order valence-electron chi connectivity index (χ1n) is 4.70. The van der Waals surface area contributed by atoms with Crippen molar-refractivity contribution in [3.05, 3.63) is 0 Å². The van der Waals surface area contributed by atoms with Crippen LogP contribution < -0.4 is 11.5 Å². The van der Waals surface area contributed by atoms with Crippen LogP contribution >= 0.6 is 0 Å². The molecular formula is C9H20N2O2. The molecule has 1 saturated heterocycles. The van der Waals surface area contributed by atoms with E-state index < -0.39 is 5.79 Å². The predicted octanol–water partition coefficient (Wildman–Crippen LogP) is 0.201. The van der Waals surface area contributed by atoms with Crippen LogP contribution in [0.3, 0.4) is 0 Å². The maximum Gasteiger partial charge on any atom is 0.163 e. The molecule has 13 heavy (non-hydrogen) atoms. The zero-order valence-electron chi connectivity index (χ0n) is 8.78. The lowest BCUT2D eigenvalue weighted by Gasteiger charge is -2.22. The van der Waals surface area contributed by atoms with Crippen LogP contribution in [0.2, 0.25) is 0 Å². The van der Waals surface area contributed by atoms with E-state index >= 15 is 0 Å². The summed E-state index contributed by atoms with van der Waals surface area (Å²) in [5, 5.41) is 0. The van der Waals surface area contributed by atoms with E-state index in [-0.39, 0.29) is 24.3 Å². The average Bonchev–Trinajstić information content (AvgIpc) is 2.26. The Morgan fingerprint density at radius 1 is 1.00 bits per heavy atom. The molecule has 1 aliphatic rings. The number of hydrogen-bond acceptors (Lipinski definition) is 4. The van der Waals surface area contributed by atoms with Gasteiger partial charge in [-0.05, 0) is 27.7 Å². The highest BCUT2D eigenvalue weighted by Gasteiger charge is 2.44. The molecular weight excluding hydrogens is 168 g/mol. The predicted molar refractivity (Wildman–Crippen MR) is 51.1 cm³/mol. The number of hydrogen-bond donors (Lipinski definition) is 2. The zero-order chi connectivity index (χ0) is 10.2. The maximum absolute atomic E-state index is 5.79. The Balaban J connectivity index is 2.71. The summed E-state index contributed by atoms with van der Waals surface area (Å²) in [6, 6.07) is -0.115. The van der Waals surface area contributed by atoms with Gasteiger partial charge in [0, 0.05) is 12.1 Å². The van der Waals surface area contributed by atoms with Gasteiger partial charge >= 0.3 is 0 Å². The summed E-state index contributed by atoms with van der Waals surface area (Å²) in [4.78, 5) is 0. The van der Waals surface area contributed by atoms with Crippen LogP contribution in [-0.2, 0) is 9.47 Å². The van der Waals surface area contributed by atoms with Gasteiger partial charge in [-0.2, -0.15) is 0 Å². The molecule has 0 radical (unpaired) electrons. The van der Waals surface area contributed by atoms with Crippen molar-refractivity contribution in [1.29, 1.82) is 0 Å². The van der Waals surface area contributed by atoms with Gasteiger partial charge in [0.05, 0.1) is 0 Å². The normalized spacial score (nSPS) is 37.4. The second-order valence-corrected chi connectivity index (χ2v) is 4.28. The van der Waals surface area contributed by atoms with E-state index in [4.69, 9.17) is 20.9 Å². The zero-order valence-corrected chi connectivity index (χ0v) is 8.78. The fourth-order valence-corrected chi connectivity index (χ4v) is 1.63. The highest BCUT2D eigenvalue weighted by molar-refractivity contribution is 4.90. The fourth-order valence-electron chi connectivity index (χ4n) is 1.63. The molecule has 4 atom stereocenters. The van der Waals surface area contributed by atoms with Gasteiger partial charge in [-0.25, -0.2) is 0 Å². The Hall–Kier alpha value is -0.160. The SMILES string of the molecule is C[C@H](N)[C@H]1OC(C)(C)O[C@@H]1[C@H](C)N. The standard InChI is InChI=1S/C9H20N2O2/c1-5(10)7-8(6(2)11)13-9(3,4)12-7/h5-8H,10-11H2,1-4H3/t5-,6-,7+,8+/m0/s1. The van der Waals surface area contributed by atoms with Gasteiger partial charge in [-0.1, -0.05) is 0 Å². The van der Waals surface area contributed by atoms with Crippen molar-refractivity contribution in [1.82, 2.24) is 0 Å². The lowest BCUT2D eigenvalue weighted by atomic mass is 10.0. The Morgan fingerprint density at radius 3 is 1.54 bits per heavy atom. The summed E-state index contributed by atoms with van der Waals surface area (Å²) in [6.07, 6.45) is -0.204. The van der Waals surface area contributed by atoms with Crippen molar-refractivity contribution in [3.8, 4) is 0 Å². The Bertz CT molecular complexity index is 162. The molecule has 0 aromatic heterocycles. The molecule has 0 aromatic rings. The number of ether oxygens (including phenoxy) is 2. The highest BCUT2D eigenvalue weighted by Crippen LogP contribution is 2.30. The summed E-state index contributed by atoms with van der Waals surface area (Å²) in [7, 11) is 0. The first kappa shape index (κ1) is 10.9. The highest BCUT2D eigenvalue weighted by atomic mass is 16.8. The molecule has 0 bridgehead atoms. The first-order valence-corrected chi connectivity index (χ1v) is 4.70. The molecule has 0 aliphatic carbocycles. The van der Waals surface area contributed by atoms with Crippen LogP contribution in [0.5, 0.6) is 0 Å².